The number of rotatable bonds is 1. The van der Waals surface area contributed by atoms with Crippen LogP contribution in [0.1, 0.15) is 5.56 Å². The van der Waals surface area contributed by atoms with E-state index in [9.17, 15) is 13.2 Å². The van der Waals surface area contributed by atoms with Crippen molar-refractivity contribution in [1.82, 2.24) is 4.98 Å². The zero-order valence-corrected chi connectivity index (χ0v) is 8.97. The van der Waals surface area contributed by atoms with Gasteiger partial charge >= 0.3 is 0 Å². The number of hydrogen-bond donors (Lipinski definition) is 1. The van der Waals surface area contributed by atoms with Crippen LogP contribution in [-0.2, 0) is 0 Å². The van der Waals surface area contributed by atoms with E-state index in [1.165, 1.54) is 6.20 Å². The second kappa shape index (κ2) is 4.08. The van der Waals surface area contributed by atoms with E-state index in [1.807, 2.05) is 0 Å². The van der Waals surface area contributed by atoms with Gasteiger partial charge < -0.3 is 5.73 Å². The maximum Gasteiger partial charge on any atom is 0.138 e. The second-order valence-corrected chi connectivity index (χ2v) is 3.68. The highest BCUT2D eigenvalue weighted by molar-refractivity contribution is 5.66. The van der Waals surface area contributed by atoms with Crippen molar-refractivity contribution in [3.8, 4) is 11.3 Å². The summed E-state index contributed by atoms with van der Waals surface area (Å²) in [5, 5.41) is 0. The van der Waals surface area contributed by atoms with Gasteiger partial charge in [0.2, 0.25) is 0 Å². The van der Waals surface area contributed by atoms with Gasteiger partial charge in [0, 0.05) is 12.1 Å². The summed E-state index contributed by atoms with van der Waals surface area (Å²) < 4.78 is 39.8. The number of benzene rings is 1. The molecule has 0 radical (unpaired) electrons. The Bertz CT molecular complexity index is 559. The molecule has 0 aliphatic carbocycles. The monoisotopic (exact) mass is 238 g/mol. The smallest absolute Gasteiger partial charge is 0.138 e. The normalized spacial score (nSPS) is 10.6. The van der Waals surface area contributed by atoms with Crippen molar-refractivity contribution in [3.63, 3.8) is 0 Å². The van der Waals surface area contributed by atoms with E-state index >= 15 is 0 Å². The summed E-state index contributed by atoms with van der Waals surface area (Å²) in [6.45, 7) is 1.63. The maximum absolute atomic E-state index is 13.5. The molecule has 5 heteroatoms. The highest BCUT2D eigenvalue weighted by Gasteiger charge is 2.16. The molecule has 0 saturated carbocycles. The van der Waals surface area contributed by atoms with Crippen molar-refractivity contribution in [1.29, 1.82) is 0 Å². The molecule has 0 aliphatic heterocycles. The fourth-order valence-corrected chi connectivity index (χ4v) is 1.63. The molecule has 17 heavy (non-hydrogen) atoms. The van der Waals surface area contributed by atoms with Gasteiger partial charge in [-0.3, -0.25) is 4.98 Å². The molecule has 2 nitrogen and oxygen atoms in total. The van der Waals surface area contributed by atoms with Crippen LogP contribution >= 0.6 is 0 Å². The largest absolute Gasteiger partial charge is 0.397 e. The zero-order valence-electron chi connectivity index (χ0n) is 8.97. The fraction of sp³-hybridized carbons (Fsp3) is 0.0833. The molecule has 1 heterocycles. The van der Waals surface area contributed by atoms with Crippen molar-refractivity contribution in [3.05, 3.63) is 47.4 Å². The SMILES string of the molecule is Cc1cc(N)cnc1-c1c(F)cc(F)cc1F. The highest BCUT2D eigenvalue weighted by Crippen LogP contribution is 2.28. The summed E-state index contributed by atoms with van der Waals surface area (Å²) in [5.41, 5.74) is 6.19. The van der Waals surface area contributed by atoms with Crippen molar-refractivity contribution >= 4 is 5.69 Å². The van der Waals surface area contributed by atoms with Crippen LogP contribution in [0.3, 0.4) is 0 Å². The Labute approximate surface area is 95.9 Å². The molecule has 1 aromatic heterocycles. The number of nitrogen functional groups attached to an aromatic ring is 1. The first-order valence-electron chi connectivity index (χ1n) is 4.86. The molecule has 2 aromatic rings. The third-order valence-electron chi connectivity index (χ3n) is 2.34. The van der Waals surface area contributed by atoms with E-state index in [0.717, 1.165) is 0 Å². The topological polar surface area (TPSA) is 38.9 Å². The van der Waals surface area contributed by atoms with Crippen LogP contribution in [-0.4, -0.2) is 4.98 Å². The Kier molecular flexibility index (Phi) is 2.75. The zero-order chi connectivity index (χ0) is 12.6. The minimum atomic E-state index is -0.983. The van der Waals surface area contributed by atoms with Crippen LogP contribution in [0.15, 0.2) is 24.4 Å². The average Bonchev–Trinajstić information content (AvgIpc) is 2.19. The van der Waals surface area contributed by atoms with Crippen molar-refractivity contribution in [2.24, 2.45) is 0 Å². The van der Waals surface area contributed by atoms with Crippen molar-refractivity contribution in [2.45, 2.75) is 6.92 Å². The molecule has 2 rings (SSSR count). The summed E-state index contributed by atoms with van der Waals surface area (Å²) in [4.78, 5) is 3.87. The second-order valence-electron chi connectivity index (χ2n) is 3.68. The molecule has 0 atom stereocenters. The molecule has 0 aliphatic rings. The summed E-state index contributed by atoms with van der Waals surface area (Å²) in [5.74, 6) is -2.93. The molecular weight excluding hydrogens is 229 g/mol. The van der Waals surface area contributed by atoms with Gasteiger partial charge in [0.05, 0.1) is 23.1 Å². The number of pyridine rings is 1. The molecule has 0 bridgehead atoms. The third-order valence-corrected chi connectivity index (χ3v) is 2.34. The Balaban J connectivity index is 2.68. The van der Waals surface area contributed by atoms with E-state index in [1.54, 1.807) is 13.0 Å². The maximum atomic E-state index is 13.5. The number of hydrogen-bond acceptors (Lipinski definition) is 2. The first-order chi connectivity index (χ1) is 7.99. The van der Waals surface area contributed by atoms with Crippen molar-refractivity contribution in [2.75, 3.05) is 5.73 Å². The fourth-order valence-electron chi connectivity index (χ4n) is 1.63. The minimum Gasteiger partial charge on any atom is -0.397 e. The quantitative estimate of drug-likeness (QED) is 0.829. The number of aryl methyl sites for hydroxylation is 1. The lowest BCUT2D eigenvalue weighted by atomic mass is 10.1. The predicted molar refractivity (Wildman–Crippen MR) is 58.7 cm³/mol. The Morgan fingerprint density at radius 3 is 2.18 bits per heavy atom. The van der Waals surface area contributed by atoms with Gasteiger partial charge in [0.15, 0.2) is 0 Å². The van der Waals surface area contributed by atoms with Gasteiger partial charge in [-0.2, -0.15) is 0 Å². The van der Waals surface area contributed by atoms with E-state index in [-0.39, 0.29) is 11.3 Å². The van der Waals surface area contributed by atoms with Gasteiger partial charge in [-0.05, 0) is 18.6 Å². The first-order valence-corrected chi connectivity index (χ1v) is 4.86. The van der Waals surface area contributed by atoms with Crippen LogP contribution < -0.4 is 5.73 Å². The molecule has 1 aromatic carbocycles. The molecule has 0 spiro atoms. The Hall–Kier alpha value is -2.04. The van der Waals surface area contributed by atoms with Crippen LogP contribution in [0.2, 0.25) is 0 Å². The van der Waals surface area contributed by atoms with E-state index in [2.05, 4.69) is 4.98 Å². The third kappa shape index (κ3) is 2.08. The summed E-state index contributed by atoms with van der Waals surface area (Å²) >= 11 is 0. The first kappa shape index (κ1) is 11.4. The minimum absolute atomic E-state index is 0.120. The van der Waals surface area contributed by atoms with E-state index < -0.39 is 17.5 Å². The molecule has 0 saturated heterocycles. The van der Waals surface area contributed by atoms with E-state index in [0.29, 0.717) is 23.4 Å². The number of nitrogens with two attached hydrogens (primary N) is 1. The van der Waals surface area contributed by atoms with E-state index in [4.69, 9.17) is 5.73 Å². The lowest BCUT2D eigenvalue weighted by molar-refractivity contribution is 0.547. The summed E-state index contributed by atoms with van der Waals surface area (Å²) in [7, 11) is 0. The number of aromatic nitrogens is 1. The van der Waals surface area contributed by atoms with Gasteiger partial charge in [0.1, 0.15) is 17.5 Å². The number of anilines is 1. The summed E-state index contributed by atoms with van der Waals surface area (Å²) in [6.07, 6.45) is 1.30. The molecule has 2 N–H and O–H groups in total. The van der Waals surface area contributed by atoms with Crippen LogP contribution in [0.4, 0.5) is 18.9 Å². The molecule has 0 fully saturated rings. The Morgan fingerprint density at radius 1 is 1.06 bits per heavy atom. The summed E-state index contributed by atoms with van der Waals surface area (Å²) in [6, 6.07) is 2.79. The Morgan fingerprint density at radius 2 is 1.65 bits per heavy atom. The number of halogens is 3. The molecule has 0 unspecified atom stereocenters. The van der Waals surface area contributed by atoms with Gasteiger partial charge in [0.25, 0.3) is 0 Å². The average molecular weight is 238 g/mol. The molecular formula is C12H9F3N2. The molecule has 0 amide bonds. The van der Waals surface area contributed by atoms with Gasteiger partial charge in [-0.25, -0.2) is 13.2 Å². The van der Waals surface area contributed by atoms with Crippen LogP contribution in [0.25, 0.3) is 11.3 Å². The van der Waals surface area contributed by atoms with Gasteiger partial charge in [-0.1, -0.05) is 0 Å². The lowest BCUT2D eigenvalue weighted by Crippen LogP contribution is -1.98. The van der Waals surface area contributed by atoms with Crippen LogP contribution in [0.5, 0.6) is 0 Å². The van der Waals surface area contributed by atoms with Gasteiger partial charge in [-0.15, -0.1) is 0 Å². The van der Waals surface area contributed by atoms with Crippen molar-refractivity contribution < 1.29 is 13.2 Å². The standard InChI is InChI=1S/C12H9F3N2/c1-6-2-8(16)5-17-12(6)11-9(14)3-7(13)4-10(11)15/h2-5H,16H2,1H3. The predicted octanol–water partition coefficient (Wildman–Crippen LogP) is 3.06. The highest BCUT2D eigenvalue weighted by atomic mass is 19.1. The van der Waals surface area contributed by atoms with Crippen LogP contribution in [0, 0.1) is 24.4 Å². The lowest BCUT2D eigenvalue weighted by Gasteiger charge is -2.08. The molecule has 88 valence electrons. The number of nitrogens with zero attached hydrogens (tertiary/aromatic N) is 1.